The van der Waals surface area contributed by atoms with Crippen LogP contribution in [0.25, 0.3) is 11.3 Å². The van der Waals surface area contributed by atoms with Crippen LogP contribution in [0, 0.1) is 0 Å². The second-order valence-electron chi connectivity index (χ2n) is 12.2. The van der Waals surface area contributed by atoms with Crippen molar-refractivity contribution >= 4 is 5.97 Å². The lowest BCUT2D eigenvalue weighted by Gasteiger charge is -2.44. The van der Waals surface area contributed by atoms with Gasteiger partial charge in [-0.2, -0.15) is 79.0 Å². The number of aryl methyl sites for hydroxylation is 1. The largest absolute Gasteiger partial charge is 0.455 e. The van der Waals surface area contributed by atoms with Crippen molar-refractivity contribution in [2.45, 2.75) is 118 Å². The van der Waals surface area contributed by atoms with Crippen molar-refractivity contribution in [3.63, 3.8) is 0 Å². The monoisotopic (exact) mass is 839 g/mol. The third-order valence-electron chi connectivity index (χ3n) is 8.21. The van der Waals surface area contributed by atoms with Crippen molar-refractivity contribution in [1.29, 1.82) is 0 Å². The van der Waals surface area contributed by atoms with E-state index in [1.54, 1.807) is 12.1 Å². The van der Waals surface area contributed by atoms with Crippen LogP contribution in [0.15, 0.2) is 42.6 Å². The zero-order chi connectivity index (χ0) is 42.7. The zero-order valence-corrected chi connectivity index (χ0v) is 27.8. The number of carbonyl (C=O) groups is 1. The van der Waals surface area contributed by atoms with Crippen LogP contribution in [0.5, 0.6) is 0 Å². The average Bonchev–Trinajstić information content (AvgIpc) is 3.09. The van der Waals surface area contributed by atoms with Crippen molar-refractivity contribution < 1.29 is 97.3 Å². The van der Waals surface area contributed by atoms with E-state index in [2.05, 4.69) is 16.6 Å². The molecule has 0 radical (unpaired) electrons. The molecule has 2 aromatic rings. The number of benzene rings is 1. The van der Waals surface area contributed by atoms with Crippen LogP contribution in [0.3, 0.4) is 0 Å². The van der Waals surface area contributed by atoms with Crippen LogP contribution in [-0.4, -0.2) is 77.3 Å². The summed E-state index contributed by atoms with van der Waals surface area (Å²) < 4.78 is 276. The van der Waals surface area contributed by atoms with Gasteiger partial charge in [-0.15, -0.1) is 0 Å². The Hall–Kier alpha value is -3.56. The van der Waals surface area contributed by atoms with Crippen LogP contribution in [0.2, 0.25) is 0 Å². The molecule has 55 heavy (non-hydrogen) atoms. The highest BCUT2D eigenvalue weighted by molar-refractivity contribution is 5.90. The summed E-state index contributed by atoms with van der Waals surface area (Å²) in [6.07, 6.45) is 3.51. The van der Waals surface area contributed by atoms with E-state index in [0.717, 1.165) is 74.8 Å². The predicted molar refractivity (Wildman–Crippen MR) is 152 cm³/mol. The summed E-state index contributed by atoms with van der Waals surface area (Å²) in [5.74, 6) is -78.3. The van der Waals surface area contributed by atoms with Crippen molar-refractivity contribution in [2.75, 3.05) is 6.61 Å². The number of pyridine rings is 1. The summed E-state index contributed by atoms with van der Waals surface area (Å²) in [4.78, 5) is 16.3. The normalized spacial score (nSPS) is 14.4. The number of unbranched alkanes of at least 4 members (excludes halogenated alkanes) is 6. The number of esters is 1. The predicted octanol–water partition coefficient (Wildman–Crippen LogP) is 12.2. The first-order valence-electron chi connectivity index (χ1n) is 15.7. The second-order valence-corrected chi connectivity index (χ2v) is 12.2. The second kappa shape index (κ2) is 16.5. The Kier molecular flexibility index (Phi) is 14.3. The summed E-state index contributed by atoms with van der Waals surface area (Å²) in [6, 6.07) is 6.95. The number of ether oxygens (including phenoxy) is 1. The Morgan fingerprint density at radius 1 is 0.582 bits per heavy atom. The Labute approximate surface area is 298 Å². The first-order chi connectivity index (χ1) is 24.8. The minimum Gasteiger partial charge on any atom is -0.455 e. The molecule has 23 heteroatoms. The van der Waals surface area contributed by atoms with Crippen molar-refractivity contribution in [3.8, 4) is 11.3 Å². The highest BCUT2D eigenvalue weighted by Crippen LogP contribution is 2.65. The third kappa shape index (κ3) is 8.58. The molecule has 0 saturated heterocycles. The number of hydrogen-bond acceptors (Lipinski definition) is 3. The maximum atomic E-state index is 14.2. The fourth-order valence-electron chi connectivity index (χ4n) is 4.70. The fourth-order valence-corrected chi connectivity index (χ4v) is 4.70. The van der Waals surface area contributed by atoms with Crippen LogP contribution in [-0.2, 0) is 11.2 Å². The van der Waals surface area contributed by atoms with Gasteiger partial charge in [-0.05, 0) is 36.6 Å². The Balaban J connectivity index is 2.22. The minimum atomic E-state index is -9.12. The maximum absolute atomic E-state index is 14.2. The molecule has 1 heterocycles. The molecule has 1 aromatic carbocycles. The van der Waals surface area contributed by atoms with Gasteiger partial charge in [-0.1, -0.05) is 63.6 Å². The highest BCUT2D eigenvalue weighted by atomic mass is 19.4. The van der Waals surface area contributed by atoms with E-state index in [-0.39, 0.29) is 11.3 Å². The van der Waals surface area contributed by atoms with Crippen LogP contribution in [0.1, 0.15) is 67.8 Å². The fraction of sp³-hybridized carbons (Fsp3) is 0.625. The molecule has 0 amide bonds. The Bertz CT molecular complexity index is 1560. The zero-order valence-electron chi connectivity index (χ0n) is 27.8. The van der Waals surface area contributed by atoms with Crippen LogP contribution >= 0.6 is 0 Å². The van der Waals surface area contributed by atoms with Crippen LogP contribution < -0.4 is 0 Å². The quantitative estimate of drug-likeness (QED) is 0.0714. The Morgan fingerprint density at radius 3 is 1.45 bits per heavy atom. The molecule has 2 rings (SSSR count). The van der Waals surface area contributed by atoms with E-state index in [0.29, 0.717) is 6.42 Å². The molecule has 314 valence electrons. The van der Waals surface area contributed by atoms with Gasteiger partial charge in [0.25, 0.3) is 0 Å². The molecule has 0 aliphatic carbocycles. The van der Waals surface area contributed by atoms with Crippen LogP contribution in [0.4, 0.5) is 87.8 Å². The molecular formula is C32H29F20NO2. The number of carbonyl (C=O) groups excluding carboxylic acids is 1. The molecule has 3 nitrogen and oxygen atoms in total. The summed E-state index contributed by atoms with van der Waals surface area (Å²) >= 11 is 0. The highest BCUT2D eigenvalue weighted by Gasteiger charge is 2.96. The lowest BCUT2D eigenvalue weighted by Crippen LogP contribution is -2.76. The molecule has 0 N–H and O–H groups in total. The van der Waals surface area contributed by atoms with E-state index < -0.39 is 77.9 Å². The standard InChI is InChI=1S/C32H29F20NO2/c1-2-3-4-5-6-7-8-9-18-10-15-21(53-16-18)19-11-13-20(14-12-19)22(54)55-17-24(35,36)26(39,40)28(43,44)30(47,48)32(51,52)31(49,50)29(45,46)27(41,42)25(37,38)23(33)34/h10-16,23H,2-9,17H2,1H3. The lowest BCUT2D eigenvalue weighted by molar-refractivity contribution is -0.465. The van der Waals surface area contributed by atoms with E-state index in [1.165, 1.54) is 6.20 Å². The number of rotatable bonds is 21. The van der Waals surface area contributed by atoms with Gasteiger partial charge in [0.15, 0.2) is 6.61 Å². The van der Waals surface area contributed by atoms with Crippen molar-refractivity contribution in [3.05, 3.63) is 53.7 Å². The Morgan fingerprint density at radius 2 is 1.02 bits per heavy atom. The number of aromatic nitrogens is 1. The van der Waals surface area contributed by atoms with E-state index in [4.69, 9.17) is 0 Å². The molecule has 0 fully saturated rings. The summed E-state index contributed by atoms with van der Waals surface area (Å²) in [6.45, 7) is -1.35. The van der Waals surface area contributed by atoms with Gasteiger partial charge >= 0.3 is 65.7 Å². The SMILES string of the molecule is CCCCCCCCCc1ccc(-c2ccc(C(=O)OCC(F)(F)C(F)(F)C(F)(F)C(F)(F)C(F)(F)C(F)(F)C(F)(F)C(F)(F)C(F)(F)C(F)F)cc2)nc1. The number of alkyl halides is 20. The molecule has 0 bridgehead atoms. The summed E-state index contributed by atoms with van der Waals surface area (Å²) in [5, 5.41) is 0. The molecule has 0 aliphatic rings. The number of halogens is 20. The van der Waals surface area contributed by atoms with E-state index in [1.807, 2.05) is 0 Å². The smallest absolute Gasteiger partial charge is 0.385 e. The molecular weight excluding hydrogens is 810 g/mol. The topological polar surface area (TPSA) is 39.2 Å². The van der Waals surface area contributed by atoms with Gasteiger partial charge < -0.3 is 4.74 Å². The first kappa shape index (κ1) is 47.6. The molecule has 0 saturated carbocycles. The van der Waals surface area contributed by atoms with Gasteiger partial charge in [0.05, 0.1) is 11.3 Å². The van der Waals surface area contributed by atoms with Gasteiger partial charge in [0, 0.05) is 11.8 Å². The number of nitrogens with zero attached hydrogens (tertiary/aromatic N) is 1. The first-order valence-corrected chi connectivity index (χ1v) is 15.7. The average molecular weight is 840 g/mol. The molecule has 0 aliphatic heterocycles. The van der Waals surface area contributed by atoms with Gasteiger partial charge in [0.2, 0.25) is 0 Å². The minimum absolute atomic E-state index is 0.247. The third-order valence-corrected chi connectivity index (χ3v) is 8.21. The van der Waals surface area contributed by atoms with Crippen molar-refractivity contribution in [2.24, 2.45) is 0 Å². The van der Waals surface area contributed by atoms with Gasteiger partial charge in [0.1, 0.15) is 0 Å². The molecule has 1 aromatic heterocycles. The lowest BCUT2D eigenvalue weighted by atomic mass is 9.86. The number of hydrogen-bond donors (Lipinski definition) is 0. The van der Waals surface area contributed by atoms with E-state index in [9.17, 15) is 92.6 Å². The van der Waals surface area contributed by atoms with Crippen molar-refractivity contribution in [1.82, 2.24) is 4.98 Å². The summed E-state index contributed by atoms with van der Waals surface area (Å²) in [5.41, 5.74) is 0.566. The molecule has 0 unspecified atom stereocenters. The van der Waals surface area contributed by atoms with Gasteiger partial charge in [-0.3, -0.25) is 4.98 Å². The summed E-state index contributed by atoms with van der Waals surface area (Å²) in [7, 11) is 0. The van der Waals surface area contributed by atoms with Gasteiger partial charge in [-0.25, -0.2) is 13.6 Å². The maximum Gasteiger partial charge on any atom is 0.385 e. The molecule has 0 spiro atoms. The molecule has 0 atom stereocenters. The van der Waals surface area contributed by atoms with E-state index >= 15 is 0 Å².